The van der Waals surface area contributed by atoms with Crippen molar-refractivity contribution in [3.63, 3.8) is 0 Å². The molecule has 0 saturated carbocycles. The van der Waals surface area contributed by atoms with Crippen LogP contribution in [0.1, 0.15) is 12.6 Å². The van der Waals surface area contributed by atoms with Crippen molar-refractivity contribution >= 4 is 75.0 Å². The molecule has 1 saturated heterocycles. The Kier molecular flexibility index (Phi) is 7.16. The number of carboxylic acids is 1. The number of nitrogens with one attached hydrogen (secondary N) is 2. The fraction of sp³-hybridized carbons (Fsp3) is 0.353. The summed E-state index contributed by atoms with van der Waals surface area (Å²) >= 11 is 7.63. The Morgan fingerprint density at radius 1 is 1.41 bits per heavy atom. The Morgan fingerprint density at radius 3 is 2.72 bits per heavy atom. The van der Waals surface area contributed by atoms with Gasteiger partial charge in [-0.1, -0.05) is 5.16 Å². The van der Waals surface area contributed by atoms with Gasteiger partial charge in [0.05, 0.1) is 0 Å². The fourth-order valence-corrected chi connectivity index (χ4v) is 5.18. The van der Waals surface area contributed by atoms with Gasteiger partial charge in [0.1, 0.15) is 35.8 Å². The van der Waals surface area contributed by atoms with E-state index in [1.807, 2.05) is 0 Å². The fourth-order valence-electron chi connectivity index (χ4n) is 2.99. The first-order chi connectivity index (χ1) is 15.2. The van der Waals surface area contributed by atoms with Crippen molar-refractivity contribution in [1.82, 2.24) is 15.2 Å². The average molecular weight is 502 g/mol. The van der Waals surface area contributed by atoms with Crippen molar-refractivity contribution in [1.29, 1.82) is 0 Å². The third kappa shape index (κ3) is 4.47. The maximum atomic E-state index is 12.8. The van der Waals surface area contributed by atoms with Crippen LogP contribution in [0.4, 0.5) is 5.13 Å². The van der Waals surface area contributed by atoms with Gasteiger partial charge in [0, 0.05) is 16.7 Å². The molecule has 2 aliphatic heterocycles. The maximum absolute atomic E-state index is 12.8. The van der Waals surface area contributed by atoms with Crippen molar-refractivity contribution in [2.75, 3.05) is 24.1 Å². The molecule has 3 amide bonds. The van der Waals surface area contributed by atoms with Crippen molar-refractivity contribution in [2.45, 2.75) is 18.3 Å². The molecule has 0 bridgehead atoms. The van der Waals surface area contributed by atoms with Crippen LogP contribution in [0.25, 0.3) is 0 Å². The van der Waals surface area contributed by atoms with E-state index in [2.05, 4.69) is 20.8 Å². The molecule has 2 unspecified atom stereocenters. The third-order valence-corrected chi connectivity index (χ3v) is 6.67. The number of alkyl halides is 1. The number of hydrogen-bond acceptors (Lipinski definition) is 10. The summed E-state index contributed by atoms with van der Waals surface area (Å²) < 4.78 is 0. The molecule has 32 heavy (non-hydrogen) atoms. The van der Waals surface area contributed by atoms with Crippen LogP contribution in [0.5, 0.6) is 0 Å². The number of fused-ring (bicyclic) bond motifs is 1. The Labute approximate surface area is 194 Å². The first kappa shape index (κ1) is 23.7. The molecule has 170 valence electrons. The number of β-lactam (4-membered cyclic amide) rings is 1. The van der Waals surface area contributed by atoms with Gasteiger partial charge in [-0.05, 0) is 6.92 Å². The molecule has 12 nitrogen and oxygen atoms in total. The van der Waals surface area contributed by atoms with E-state index in [0.717, 1.165) is 28.0 Å². The Bertz CT molecular complexity index is 1070. The van der Waals surface area contributed by atoms with E-state index in [9.17, 15) is 29.1 Å². The number of ketones is 1. The summed E-state index contributed by atoms with van der Waals surface area (Å²) in [4.78, 5) is 70.0. The maximum Gasteiger partial charge on any atom is 0.353 e. The number of thiazole rings is 1. The largest absolute Gasteiger partial charge is 0.477 e. The second kappa shape index (κ2) is 9.67. The summed E-state index contributed by atoms with van der Waals surface area (Å²) in [5.74, 6) is -3.96. The van der Waals surface area contributed by atoms with E-state index < -0.39 is 40.9 Å². The van der Waals surface area contributed by atoms with Crippen LogP contribution in [-0.2, 0) is 28.8 Å². The SMILES string of the molecule is CO/N=C(\C(=O)NC1C(=O)N2C(C(=O)O)=C(C(C)=O)CSC12)c1csc(NC(=O)CCl)n1. The van der Waals surface area contributed by atoms with Gasteiger partial charge in [0.25, 0.3) is 11.8 Å². The number of anilines is 1. The molecule has 0 aliphatic carbocycles. The van der Waals surface area contributed by atoms with Crippen molar-refractivity contribution in [2.24, 2.45) is 5.16 Å². The van der Waals surface area contributed by atoms with E-state index in [1.54, 1.807) is 0 Å². The number of halogens is 1. The summed E-state index contributed by atoms with van der Waals surface area (Å²) in [6.07, 6.45) is 0. The number of carbonyl (C=O) groups excluding carboxylic acids is 4. The topological polar surface area (TPSA) is 167 Å². The molecule has 3 heterocycles. The summed E-state index contributed by atoms with van der Waals surface area (Å²) in [6.45, 7) is 1.23. The van der Waals surface area contributed by atoms with Crippen LogP contribution >= 0.6 is 34.7 Å². The normalized spacial score (nSPS) is 20.3. The minimum Gasteiger partial charge on any atom is -0.477 e. The second-order valence-corrected chi connectivity index (χ2v) is 8.62. The van der Waals surface area contributed by atoms with Gasteiger partial charge < -0.3 is 20.6 Å². The number of amides is 3. The zero-order chi connectivity index (χ0) is 23.6. The van der Waals surface area contributed by atoms with Gasteiger partial charge in [-0.15, -0.1) is 34.7 Å². The molecule has 1 fully saturated rings. The number of aromatic nitrogens is 1. The predicted molar refractivity (Wildman–Crippen MR) is 115 cm³/mol. The molecule has 3 N–H and O–H groups in total. The van der Waals surface area contributed by atoms with Gasteiger partial charge >= 0.3 is 5.97 Å². The van der Waals surface area contributed by atoms with Crippen molar-refractivity contribution in [3.8, 4) is 0 Å². The highest BCUT2D eigenvalue weighted by molar-refractivity contribution is 8.00. The number of rotatable bonds is 8. The number of Topliss-reactive ketones (excluding diaryl/α,β-unsaturated/α-hetero) is 1. The molecule has 0 aromatic carbocycles. The van der Waals surface area contributed by atoms with E-state index in [4.69, 9.17) is 16.4 Å². The lowest BCUT2D eigenvalue weighted by atomic mass is 10.0. The smallest absolute Gasteiger partial charge is 0.353 e. The number of thioether (sulfide) groups is 1. The molecule has 2 aliphatic rings. The number of oxime groups is 1. The highest BCUT2D eigenvalue weighted by Gasteiger charge is 2.54. The van der Waals surface area contributed by atoms with E-state index >= 15 is 0 Å². The molecule has 2 atom stereocenters. The highest BCUT2D eigenvalue weighted by Crippen LogP contribution is 2.40. The molecule has 0 radical (unpaired) electrons. The minimum atomic E-state index is -1.39. The third-order valence-electron chi connectivity index (χ3n) is 4.39. The zero-order valence-electron chi connectivity index (χ0n) is 16.6. The summed E-state index contributed by atoms with van der Waals surface area (Å²) in [7, 11) is 1.22. The van der Waals surface area contributed by atoms with Crippen LogP contribution in [0.15, 0.2) is 21.8 Å². The van der Waals surface area contributed by atoms with E-state index in [0.29, 0.717) is 0 Å². The van der Waals surface area contributed by atoms with Gasteiger partial charge in [0.2, 0.25) is 5.91 Å². The number of hydrogen-bond donors (Lipinski definition) is 3. The lowest BCUT2D eigenvalue weighted by Crippen LogP contribution is -2.71. The summed E-state index contributed by atoms with van der Waals surface area (Å²) in [6, 6.07) is -1.04. The van der Waals surface area contributed by atoms with Crippen molar-refractivity contribution in [3.05, 3.63) is 22.3 Å². The van der Waals surface area contributed by atoms with Crippen LogP contribution < -0.4 is 10.6 Å². The van der Waals surface area contributed by atoms with Gasteiger partial charge in [0.15, 0.2) is 16.6 Å². The Balaban J connectivity index is 1.77. The van der Waals surface area contributed by atoms with Crippen LogP contribution in [0, 0.1) is 0 Å². The lowest BCUT2D eigenvalue weighted by Gasteiger charge is -2.49. The molecule has 15 heteroatoms. The first-order valence-electron chi connectivity index (χ1n) is 8.85. The predicted octanol–water partition coefficient (Wildman–Crippen LogP) is -0.00150. The number of nitrogens with zero attached hydrogens (tertiary/aromatic N) is 3. The quantitative estimate of drug-likeness (QED) is 0.192. The highest BCUT2D eigenvalue weighted by atomic mass is 35.5. The summed E-state index contributed by atoms with van der Waals surface area (Å²) in [5.41, 5.74) is -0.501. The van der Waals surface area contributed by atoms with E-state index in [1.165, 1.54) is 19.4 Å². The first-order valence-corrected chi connectivity index (χ1v) is 11.3. The number of carboxylic acid groups (broad SMARTS) is 1. The van der Waals surface area contributed by atoms with Gasteiger partial charge in [-0.2, -0.15) is 0 Å². The van der Waals surface area contributed by atoms with Crippen molar-refractivity contribution < 1.29 is 33.9 Å². The monoisotopic (exact) mass is 501 g/mol. The average Bonchev–Trinajstić information content (AvgIpc) is 3.21. The van der Waals surface area contributed by atoms with Gasteiger partial charge in [-0.3, -0.25) is 24.1 Å². The van der Waals surface area contributed by atoms with Crippen LogP contribution in [-0.4, -0.2) is 80.3 Å². The molecular weight excluding hydrogens is 486 g/mol. The number of carbonyl (C=O) groups is 5. The molecular formula is C17H16ClN5O7S2. The zero-order valence-corrected chi connectivity index (χ0v) is 19.0. The van der Waals surface area contributed by atoms with E-state index in [-0.39, 0.29) is 39.4 Å². The second-order valence-electron chi connectivity index (χ2n) is 6.39. The molecule has 0 spiro atoms. The standard InChI is InChI=1S/C17H16ClN5O7S2/c1-6(24)7-4-31-15-11(14(27)23(15)12(7)16(28)29)21-13(26)10(22-30-2)8-5-32-17(19-8)20-9(25)3-18/h5,11,15H,3-4H2,1-2H3,(H,21,26)(H,28,29)(H,19,20,25)/b22-10-. The molecule has 3 rings (SSSR count). The van der Waals surface area contributed by atoms with Crippen LogP contribution in [0.3, 0.4) is 0 Å². The molecule has 1 aromatic heterocycles. The Hall–Kier alpha value is -2.97. The minimum absolute atomic E-state index is 0.0347. The number of aliphatic carboxylic acids is 1. The van der Waals surface area contributed by atoms with Gasteiger partial charge in [-0.25, -0.2) is 9.78 Å². The lowest BCUT2D eigenvalue weighted by molar-refractivity contribution is -0.150. The Morgan fingerprint density at radius 2 is 2.12 bits per heavy atom. The van der Waals surface area contributed by atoms with Crippen LogP contribution in [0.2, 0.25) is 0 Å². The molecule has 1 aromatic rings. The summed E-state index contributed by atoms with van der Waals surface area (Å²) in [5, 5.41) is 19.0.